The Bertz CT molecular complexity index is 961. The fourth-order valence-electron chi connectivity index (χ4n) is 2.52. The third-order valence-corrected chi connectivity index (χ3v) is 3.75. The Morgan fingerprint density at radius 2 is 1.82 bits per heavy atom. The Hall–Kier alpha value is -3.48. The number of para-hydroxylation sites is 2. The number of rotatable bonds is 7. The van der Waals surface area contributed by atoms with Gasteiger partial charge in [-0.05, 0) is 50.2 Å². The van der Waals surface area contributed by atoms with Crippen LogP contribution in [0, 0.1) is 12.7 Å². The first-order valence-electron chi connectivity index (χ1n) is 8.81. The zero-order valence-corrected chi connectivity index (χ0v) is 15.6. The monoisotopic (exact) mass is 381 g/mol. The van der Waals surface area contributed by atoms with Crippen molar-refractivity contribution in [2.75, 3.05) is 18.5 Å². The molecule has 0 saturated carbocycles. The molecule has 0 atom stereocenters. The Labute approximate surface area is 162 Å². The molecular formula is C21H20FN3O3. The van der Waals surface area contributed by atoms with E-state index < -0.39 is 0 Å². The number of hydrogen-bond donors (Lipinski definition) is 1. The van der Waals surface area contributed by atoms with Gasteiger partial charge >= 0.3 is 0 Å². The first-order chi connectivity index (χ1) is 13.5. The summed E-state index contributed by atoms with van der Waals surface area (Å²) in [7, 11) is 0. The second-order valence-electron chi connectivity index (χ2n) is 5.94. The van der Waals surface area contributed by atoms with E-state index in [-0.39, 0.29) is 24.2 Å². The first-order valence-corrected chi connectivity index (χ1v) is 8.81. The van der Waals surface area contributed by atoms with Crippen LogP contribution in [0.1, 0.15) is 12.6 Å². The zero-order valence-electron chi connectivity index (χ0n) is 15.6. The number of halogens is 1. The highest BCUT2D eigenvalue weighted by molar-refractivity contribution is 5.93. The van der Waals surface area contributed by atoms with Crippen molar-refractivity contribution in [1.82, 2.24) is 9.97 Å². The van der Waals surface area contributed by atoms with E-state index in [1.54, 1.807) is 37.3 Å². The molecule has 0 aliphatic heterocycles. The van der Waals surface area contributed by atoms with Gasteiger partial charge in [-0.15, -0.1) is 0 Å². The molecule has 2 aromatic carbocycles. The maximum atomic E-state index is 13.1. The smallest absolute Gasteiger partial charge is 0.262 e. The molecule has 6 nitrogen and oxygen atoms in total. The lowest BCUT2D eigenvalue weighted by molar-refractivity contribution is -0.118. The van der Waals surface area contributed by atoms with E-state index in [0.717, 1.165) is 0 Å². The van der Waals surface area contributed by atoms with E-state index >= 15 is 0 Å². The summed E-state index contributed by atoms with van der Waals surface area (Å²) in [6.45, 7) is 3.94. The van der Waals surface area contributed by atoms with E-state index in [0.29, 0.717) is 35.1 Å². The number of ether oxygens (including phenoxy) is 2. The van der Waals surface area contributed by atoms with E-state index in [1.807, 2.05) is 19.1 Å². The van der Waals surface area contributed by atoms with Crippen LogP contribution in [-0.4, -0.2) is 29.1 Å². The molecule has 1 aromatic heterocycles. The van der Waals surface area contributed by atoms with Crippen LogP contribution in [0.5, 0.6) is 11.6 Å². The highest BCUT2D eigenvalue weighted by Crippen LogP contribution is 2.24. The van der Waals surface area contributed by atoms with Crippen LogP contribution in [0.3, 0.4) is 0 Å². The number of aryl methyl sites for hydroxylation is 1. The van der Waals surface area contributed by atoms with Crippen LogP contribution in [-0.2, 0) is 4.79 Å². The van der Waals surface area contributed by atoms with Gasteiger partial charge in [-0.3, -0.25) is 4.79 Å². The maximum Gasteiger partial charge on any atom is 0.262 e. The topological polar surface area (TPSA) is 73.3 Å². The average molecular weight is 381 g/mol. The molecule has 1 heterocycles. The molecule has 0 saturated heterocycles. The predicted molar refractivity (Wildman–Crippen MR) is 104 cm³/mol. The number of anilines is 1. The van der Waals surface area contributed by atoms with Crippen molar-refractivity contribution < 1.29 is 18.7 Å². The second-order valence-corrected chi connectivity index (χ2v) is 5.94. The van der Waals surface area contributed by atoms with Crippen molar-refractivity contribution in [2.24, 2.45) is 0 Å². The highest BCUT2D eigenvalue weighted by Gasteiger charge is 2.11. The summed E-state index contributed by atoms with van der Waals surface area (Å²) in [5.41, 5.74) is 1.90. The lowest BCUT2D eigenvalue weighted by atomic mass is 10.2. The van der Waals surface area contributed by atoms with E-state index in [2.05, 4.69) is 15.3 Å². The molecule has 144 valence electrons. The minimum atomic E-state index is -0.341. The molecule has 0 aliphatic carbocycles. The van der Waals surface area contributed by atoms with Crippen LogP contribution in [0.4, 0.5) is 10.1 Å². The molecule has 28 heavy (non-hydrogen) atoms. The van der Waals surface area contributed by atoms with Gasteiger partial charge in [0.25, 0.3) is 5.91 Å². The number of nitrogens with zero attached hydrogens (tertiary/aromatic N) is 2. The number of carbonyl (C=O) groups is 1. The lowest BCUT2D eigenvalue weighted by Gasteiger charge is -2.12. The van der Waals surface area contributed by atoms with Crippen molar-refractivity contribution in [3.63, 3.8) is 0 Å². The van der Waals surface area contributed by atoms with Gasteiger partial charge in [0, 0.05) is 17.3 Å². The maximum absolute atomic E-state index is 13.1. The molecule has 0 radical (unpaired) electrons. The minimum absolute atomic E-state index is 0.222. The van der Waals surface area contributed by atoms with Crippen LogP contribution >= 0.6 is 0 Å². The molecule has 0 aliphatic rings. The quantitative estimate of drug-likeness (QED) is 0.669. The van der Waals surface area contributed by atoms with Crippen LogP contribution < -0.4 is 14.8 Å². The summed E-state index contributed by atoms with van der Waals surface area (Å²) in [5, 5.41) is 2.76. The van der Waals surface area contributed by atoms with Gasteiger partial charge in [-0.25, -0.2) is 9.37 Å². The van der Waals surface area contributed by atoms with Gasteiger partial charge in [0.05, 0.1) is 12.3 Å². The van der Waals surface area contributed by atoms with E-state index in [9.17, 15) is 9.18 Å². The van der Waals surface area contributed by atoms with Crippen LogP contribution in [0.15, 0.2) is 54.6 Å². The SMILES string of the molecule is CCOc1ccccc1NC(=O)COc1cc(C)nc(-c2ccc(F)cc2)n1. The van der Waals surface area contributed by atoms with Crippen LogP contribution in [0.2, 0.25) is 0 Å². The zero-order chi connectivity index (χ0) is 19.9. The van der Waals surface area contributed by atoms with Gasteiger partial charge in [0.2, 0.25) is 5.88 Å². The summed E-state index contributed by atoms with van der Waals surface area (Å²) in [4.78, 5) is 20.9. The number of hydrogen-bond acceptors (Lipinski definition) is 5. The molecule has 3 aromatic rings. The first kappa shape index (κ1) is 19.3. The predicted octanol–water partition coefficient (Wildman–Crippen LogP) is 4.01. The third-order valence-electron chi connectivity index (χ3n) is 3.75. The Kier molecular flexibility index (Phi) is 6.16. The van der Waals surface area contributed by atoms with Crippen molar-refractivity contribution >= 4 is 11.6 Å². The Balaban J connectivity index is 1.67. The van der Waals surface area contributed by atoms with Gasteiger partial charge in [0.15, 0.2) is 12.4 Å². The molecule has 7 heteroatoms. The van der Waals surface area contributed by atoms with E-state index in [4.69, 9.17) is 9.47 Å². The lowest BCUT2D eigenvalue weighted by Crippen LogP contribution is -2.21. The molecule has 3 rings (SSSR count). The number of benzene rings is 2. The number of aromatic nitrogens is 2. The molecular weight excluding hydrogens is 361 g/mol. The van der Waals surface area contributed by atoms with Crippen molar-refractivity contribution in [2.45, 2.75) is 13.8 Å². The fraction of sp³-hybridized carbons (Fsp3) is 0.190. The Morgan fingerprint density at radius 3 is 2.57 bits per heavy atom. The van der Waals surface area contributed by atoms with Gasteiger partial charge in [0.1, 0.15) is 11.6 Å². The highest BCUT2D eigenvalue weighted by atomic mass is 19.1. The van der Waals surface area contributed by atoms with Crippen molar-refractivity contribution in [3.05, 3.63) is 66.1 Å². The normalized spacial score (nSPS) is 10.4. The number of carbonyl (C=O) groups excluding carboxylic acids is 1. The van der Waals surface area contributed by atoms with Gasteiger partial charge in [-0.2, -0.15) is 4.98 Å². The number of nitrogens with one attached hydrogen (secondary N) is 1. The summed E-state index contributed by atoms with van der Waals surface area (Å²) < 4.78 is 24.1. The average Bonchev–Trinajstić information content (AvgIpc) is 2.68. The molecule has 0 spiro atoms. The molecule has 0 fully saturated rings. The second kappa shape index (κ2) is 8.94. The fourth-order valence-corrected chi connectivity index (χ4v) is 2.52. The molecule has 0 bridgehead atoms. The van der Waals surface area contributed by atoms with E-state index in [1.165, 1.54) is 12.1 Å². The summed E-state index contributed by atoms with van der Waals surface area (Å²) >= 11 is 0. The van der Waals surface area contributed by atoms with Crippen molar-refractivity contribution in [3.8, 4) is 23.0 Å². The molecule has 0 unspecified atom stereocenters. The van der Waals surface area contributed by atoms with Gasteiger partial charge < -0.3 is 14.8 Å². The Morgan fingerprint density at radius 1 is 1.07 bits per heavy atom. The summed E-state index contributed by atoms with van der Waals surface area (Å²) in [5.74, 6) is 0.579. The minimum Gasteiger partial charge on any atom is -0.492 e. The number of amides is 1. The molecule has 1 amide bonds. The van der Waals surface area contributed by atoms with Gasteiger partial charge in [-0.1, -0.05) is 12.1 Å². The summed E-state index contributed by atoms with van der Waals surface area (Å²) in [6, 6.07) is 14.7. The standard InChI is InChI=1S/C21H20FN3O3/c1-3-27-18-7-5-4-6-17(18)24-19(26)13-28-20-12-14(2)23-21(25-20)15-8-10-16(22)11-9-15/h4-12H,3,13H2,1-2H3,(H,24,26). The largest absolute Gasteiger partial charge is 0.492 e. The summed E-state index contributed by atoms with van der Waals surface area (Å²) in [6.07, 6.45) is 0. The van der Waals surface area contributed by atoms with Crippen LogP contribution in [0.25, 0.3) is 11.4 Å². The third kappa shape index (κ3) is 5.03. The molecule has 1 N–H and O–H groups in total. The van der Waals surface area contributed by atoms with Crippen molar-refractivity contribution in [1.29, 1.82) is 0 Å².